The number of hydrazone groups is 1. The maximum atomic E-state index is 12.3. The summed E-state index contributed by atoms with van der Waals surface area (Å²) in [6.07, 6.45) is 3.80. The second-order valence-corrected chi connectivity index (χ2v) is 10.0. The Morgan fingerprint density at radius 2 is 1.97 bits per heavy atom. The van der Waals surface area contributed by atoms with Crippen molar-refractivity contribution < 1.29 is 4.79 Å². The maximum absolute atomic E-state index is 12.3. The minimum absolute atomic E-state index is 0.154. The molecule has 0 saturated carbocycles. The van der Waals surface area contributed by atoms with Crippen molar-refractivity contribution in [2.24, 2.45) is 5.10 Å². The number of benzene rings is 3. The summed E-state index contributed by atoms with van der Waals surface area (Å²) in [6.45, 7) is 2.88. The van der Waals surface area contributed by atoms with Crippen molar-refractivity contribution in [3.05, 3.63) is 95.7 Å². The Morgan fingerprint density at radius 1 is 1.12 bits per heavy atom. The summed E-state index contributed by atoms with van der Waals surface area (Å²) in [5.41, 5.74) is 8.21. The van der Waals surface area contributed by atoms with E-state index in [2.05, 4.69) is 69.6 Å². The van der Waals surface area contributed by atoms with Crippen LogP contribution in [-0.4, -0.2) is 27.4 Å². The van der Waals surface area contributed by atoms with Crippen LogP contribution in [0.25, 0.3) is 21.1 Å². The first-order chi connectivity index (χ1) is 16.2. The van der Waals surface area contributed by atoms with Gasteiger partial charge in [-0.1, -0.05) is 71.9 Å². The molecule has 0 atom stereocenters. The number of nitrogens with one attached hydrogen (secondary N) is 1. The molecule has 0 aliphatic rings. The van der Waals surface area contributed by atoms with Gasteiger partial charge in [-0.05, 0) is 30.7 Å². The van der Waals surface area contributed by atoms with Gasteiger partial charge in [0.05, 0.1) is 22.2 Å². The molecule has 164 valence electrons. The molecule has 0 saturated heterocycles. The lowest BCUT2D eigenvalue weighted by Gasteiger charge is -2.06. The minimum Gasteiger partial charge on any atom is -0.342 e. The number of hydrogen-bond donors (Lipinski definition) is 1. The van der Waals surface area contributed by atoms with Crippen LogP contribution < -0.4 is 5.43 Å². The predicted molar refractivity (Wildman–Crippen MR) is 138 cm³/mol. The molecule has 0 fully saturated rings. The van der Waals surface area contributed by atoms with Crippen molar-refractivity contribution in [2.45, 2.75) is 17.8 Å². The zero-order valence-electron chi connectivity index (χ0n) is 18.1. The Hall–Kier alpha value is -3.42. The molecule has 2 aromatic heterocycles. The van der Waals surface area contributed by atoms with Crippen LogP contribution in [0.15, 0.2) is 88.4 Å². The van der Waals surface area contributed by atoms with Crippen LogP contribution in [0.4, 0.5) is 0 Å². The van der Waals surface area contributed by atoms with E-state index >= 15 is 0 Å². The van der Waals surface area contributed by atoms with E-state index in [0.717, 1.165) is 37.6 Å². The Balaban J connectivity index is 1.25. The largest absolute Gasteiger partial charge is 0.342 e. The van der Waals surface area contributed by atoms with E-state index in [1.54, 1.807) is 17.6 Å². The molecule has 7 heteroatoms. The van der Waals surface area contributed by atoms with Gasteiger partial charge in [0.15, 0.2) is 4.34 Å². The fourth-order valence-corrected chi connectivity index (χ4v) is 5.62. The monoisotopic (exact) mass is 470 g/mol. The number of carbonyl (C=O) groups is 1. The molecule has 0 spiro atoms. The highest BCUT2D eigenvalue weighted by atomic mass is 32.2. The third-order valence-corrected chi connectivity index (χ3v) is 7.43. The molecule has 5 aromatic rings. The van der Waals surface area contributed by atoms with Crippen molar-refractivity contribution in [3.8, 4) is 0 Å². The number of para-hydroxylation sites is 2. The molecular weight excluding hydrogens is 448 g/mol. The van der Waals surface area contributed by atoms with Gasteiger partial charge < -0.3 is 4.57 Å². The Bertz CT molecular complexity index is 1430. The Morgan fingerprint density at radius 3 is 2.85 bits per heavy atom. The van der Waals surface area contributed by atoms with Gasteiger partial charge in [0.2, 0.25) is 0 Å². The summed E-state index contributed by atoms with van der Waals surface area (Å²) in [5, 5.41) is 5.32. The SMILES string of the molecule is Cc1cccc(Cn2cc(/C=N/NC(=O)CSc3nc4ccccc4s3)c3ccccc32)c1. The summed E-state index contributed by atoms with van der Waals surface area (Å²) in [4.78, 5) is 16.8. The van der Waals surface area contributed by atoms with Crippen LogP contribution in [-0.2, 0) is 11.3 Å². The van der Waals surface area contributed by atoms with Crippen LogP contribution in [0.1, 0.15) is 16.7 Å². The summed E-state index contributed by atoms with van der Waals surface area (Å²) in [5.74, 6) is 0.116. The topological polar surface area (TPSA) is 59.3 Å². The van der Waals surface area contributed by atoms with Crippen LogP contribution >= 0.6 is 23.1 Å². The van der Waals surface area contributed by atoms with Crippen molar-refractivity contribution >= 4 is 56.3 Å². The standard InChI is InChI=1S/C26H22N4OS2/c1-18-7-6-8-19(13-18)15-30-16-20(21-9-2-4-11-23(21)30)14-27-29-25(31)17-32-26-28-22-10-3-5-12-24(22)33-26/h2-14,16H,15,17H2,1H3,(H,29,31)/b27-14+. The fourth-order valence-electron chi connectivity index (χ4n) is 3.76. The summed E-state index contributed by atoms with van der Waals surface area (Å²) < 4.78 is 4.23. The van der Waals surface area contributed by atoms with Gasteiger partial charge in [0.1, 0.15) is 0 Å². The molecule has 0 aliphatic heterocycles. The first-order valence-corrected chi connectivity index (χ1v) is 12.4. The number of thiazole rings is 1. The molecule has 5 nitrogen and oxygen atoms in total. The molecule has 1 amide bonds. The highest BCUT2D eigenvalue weighted by molar-refractivity contribution is 8.01. The van der Waals surface area contributed by atoms with E-state index < -0.39 is 0 Å². The van der Waals surface area contributed by atoms with Crippen molar-refractivity contribution in [2.75, 3.05) is 5.75 Å². The molecule has 3 aromatic carbocycles. The normalized spacial score (nSPS) is 11.5. The number of thioether (sulfide) groups is 1. The van der Waals surface area contributed by atoms with E-state index in [1.807, 2.05) is 36.4 Å². The molecule has 0 radical (unpaired) electrons. The van der Waals surface area contributed by atoms with Gasteiger partial charge in [-0.2, -0.15) is 5.10 Å². The second kappa shape index (κ2) is 9.60. The lowest BCUT2D eigenvalue weighted by atomic mass is 10.1. The zero-order valence-corrected chi connectivity index (χ0v) is 19.7. The van der Waals surface area contributed by atoms with Gasteiger partial charge >= 0.3 is 0 Å². The lowest BCUT2D eigenvalue weighted by molar-refractivity contribution is -0.118. The minimum atomic E-state index is -0.154. The van der Waals surface area contributed by atoms with Crippen molar-refractivity contribution in [3.63, 3.8) is 0 Å². The van der Waals surface area contributed by atoms with E-state index in [-0.39, 0.29) is 11.7 Å². The van der Waals surface area contributed by atoms with E-state index in [9.17, 15) is 4.79 Å². The van der Waals surface area contributed by atoms with Gasteiger partial charge in [0, 0.05) is 29.2 Å². The molecule has 0 unspecified atom stereocenters. The molecule has 1 N–H and O–H groups in total. The fraction of sp³-hybridized carbons (Fsp3) is 0.115. The van der Waals surface area contributed by atoms with Gasteiger partial charge in [-0.3, -0.25) is 4.79 Å². The van der Waals surface area contributed by atoms with Crippen LogP contribution in [0.5, 0.6) is 0 Å². The van der Waals surface area contributed by atoms with Crippen molar-refractivity contribution in [1.29, 1.82) is 0 Å². The number of fused-ring (bicyclic) bond motifs is 2. The number of nitrogens with zero attached hydrogens (tertiary/aromatic N) is 3. The van der Waals surface area contributed by atoms with Crippen LogP contribution in [0, 0.1) is 6.92 Å². The Kier molecular flexibility index (Phi) is 6.24. The van der Waals surface area contributed by atoms with E-state index in [1.165, 1.54) is 22.9 Å². The highest BCUT2D eigenvalue weighted by Crippen LogP contribution is 2.29. The summed E-state index contributed by atoms with van der Waals surface area (Å²) in [7, 11) is 0. The molecule has 0 bridgehead atoms. The van der Waals surface area contributed by atoms with Crippen molar-refractivity contribution in [1.82, 2.24) is 15.0 Å². The first-order valence-electron chi connectivity index (χ1n) is 10.6. The number of amides is 1. The third-order valence-electron chi connectivity index (χ3n) is 5.25. The zero-order chi connectivity index (χ0) is 22.6. The molecule has 33 heavy (non-hydrogen) atoms. The maximum Gasteiger partial charge on any atom is 0.250 e. The number of aryl methyl sites for hydroxylation is 1. The average Bonchev–Trinajstić information content (AvgIpc) is 3.39. The quantitative estimate of drug-likeness (QED) is 0.184. The molecule has 5 rings (SSSR count). The molecule has 0 aliphatic carbocycles. The summed E-state index contributed by atoms with van der Waals surface area (Å²) >= 11 is 3.02. The number of rotatable bonds is 7. The third kappa shape index (κ3) is 4.99. The van der Waals surface area contributed by atoms with Gasteiger partial charge in [-0.15, -0.1) is 11.3 Å². The van der Waals surface area contributed by atoms with E-state index in [4.69, 9.17) is 0 Å². The highest BCUT2D eigenvalue weighted by Gasteiger charge is 2.09. The summed E-state index contributed by atoms with van der Waals surface area (Å²) in [6, 6.07) is 24.7. The van der Waals surface area contributed by atoms with E-state index in [0.29, 0.717) is 0 Å². The molecule has 2 heterocycles. The second-order valence-electron chi connectivity index (χ2n) is 7.75. The molecular formula is C26H22N4OS2. The number of hydrogen-bond acceptors (Lipinski definition) is 5. The number of carbonyl (C=O) groups excluding carboxylic acids is 1. The smallest absolute Gasteiger partial charge is 0.250 e. The predicted octanol–water partition coefficient (Wildman–Crippen LogP) is 5.85. The Labute approximate surface area is 200 Å². The van der Waals surface area contributed by atoms with Gasteiger partial charge in [0.25, 0.3) is 5.91 Å². The van der Waals surface area contributed by atoms with Crippen LogP contribution in [0.2, 0.25) is 0 Å². The average molecular weight is 471 g/mol. The van der Waals surface area contributed by atoms with Crippen LogP contribution in [0.3, 0.4) is 0 Å². The van der Waals surface area contributed by atoms with Gasteiger partial charge in [-0.25, -0.2) is 10.4 Å². The lowest BCUT2D eigenvalue weighted by Crippen LogP contribution is -2.19. The number of aromatic nitrogens is 2. The first kappa shape index (κ1) is 21.4.